The van der Waals surface area contributed by atoms with Crippen LogP contribution < -0.4 is 10.6 Å². The monoisotopic (exact) mass is 449 g/mol. The van der Waals surface area contributed by atoms with Crippen LogP contribution in [-0.4, -0.2) is 35.2 Å². The minimum atomic E-state index is -0.293. The Morgan fingerprint density at radius 3 is 2.79 bits per heavy atom. The first-order valence-corrected chi connectivity index (χ1v) is 11.6. The minimum absolute atomic E-state index is 0.0829. The van der Waals surface area contributed by atoms with Gasteiger partial charge in [0.1, 0.15) is 5.82 Å². The van der Waals surface area contributed by atoms with Crippen LogP contribution in [0.25, 0.3) is 5.69 Å². The largest absolute Gasteiger partial charge is 0.373 e. The molecule has 33 heavy (non-hydrogen) atoms. The van der Waals surface area contributed by atoms with E-state index in [2.05, 4.69) is 51.8 Å². The standard InChI is InChI=1S/C26H32FN5O/c1-3-29-26(30-16-20-8-11-24(23(27)15-20)32-13-12-28-18-32)31-17-22-5-4-14-33-25(22)21-9-6-19(2)7-10-21/h6-13,15,18,22,25H,3-5,14,16-17H2,1-2H3,(H2,29,30,31). The highest BCUT2D eigenvalue weighted by atomic mass is 19.1. The van der Waals surface area contributed by atoms with E-state index in [1.807, 2.05) is 13.0 Å². The molecule has 2 N–H and O–H groups in total. The second-order valence-corrected chi connectivity index (χ2v) is 8.44. The van der Waals surface area contributed by atoms with Gasteiger partial charge in [-0.05, 0) is 49.9 Å². The number of benzene rings is 2. The predicted octanol–water partition coefficient (Wildman–Crippen LogP) is 4.54. The van der Waals surface area contributed by atoms with Crippen molar-refractivity contribution in [2.75, 3.05) is 19.7 Å². The molecule has 0 bridgehead atoms. The van der Waals surface area contributed by atoms with Gasteiger partial charge in [-0.1, -0.05) is 35.9 Å². The third-order valence-corrected chi connectivity index (χ3v) is 5.94. The summed E-state index contributed by atoms with van der Waals surface area (Å²) in [6.45, 7) is 6.83. The molecule has 0 spiro atoms. The highest BCUT2D eigenvalue weighted by Crippen LogP contribution is 2.33. The number of nitrogens with zero attached hydrogens (tertiary/aromatic N) is 3. The number of nitrogens with one attached hydrogen (secondary N) is 2. The Bertz CT molecular complexity index is 1050. The van der Waals surface area contributed by atoms with Crippen molar-refractivity contribution in [2.24, 2.45) is 10.9 Å². The van der Waals surface area contributed by atoms with Gasteiger partial charge in [0.25, 0.3) is 0 Å². The molecule has 1 aliphatic heterocycles. The van der Waals surface area contributed by atoms with E-state index in [-0.39, 0.29) is 11.9 Å². The number of imidazole rings is 1. The van der Waals surface area contributed by atoms with E-state index in [1.54, 1.807) is 29.4 Å². The summed E-state index contributed by atoms with van der Waals surface area (Å²) in [6.07, 6.45) is 7.19. The lowest BCUT2D eigenvalue weighted by Gasteiger charge is -2.32. The molecule has 2 aromatic carbocycles. The van der Waals surface area contributed by atoms with Gasteiger partial charge >= 0.3 is 0 Å². The number of hydrogen-bond donors (Lipinski definition) is 2. The van der Waals surface area contributed by atoms with Gasteiger partial charge in [-0.2, -0.15) is 0 Å². The lowest BCUT2D eigenvalue weighted by atomic mass is 9.89. The molecular formula is C26H32FN5O. The Morgan fingerprint density at radius 1 is 1.21 bits per heavy atom. The number of rotatable bonds is 7. The lowest BCUT2D eigenvalue weighted by Crippen LogP contribution is -2.42. The van der Waals surface area contributed by atoms with Crippen molar-refractivity contribution in [3.63, 3.8) is 0 Å². The highest BCUT2D eigenvalue weighted by molar-refractivity contribution is 5.79. The number of halogens is 1. The van der Waals surface area contributed by atoms with Gasteiger partial charge in [0.05, 0.1) is 24.7 Å². The van der Waals surface area contributed by atoms with Crippen molar-refractivity contribution >= 4 is 5.96 Å². The van der Waals surface area contributed by atoms with Crippen LogP contribution in [0.2, 0.25) is 0 Å². The van der Waals surface area contributed by atoms with E-state index in [0.717, 1.165) is 44.1 Å². The van der Waals surface area contributed by atoms with Crippen molar-refractivity contribution in [2.45, 2.75) is 39.3 Å². The molecule has 2 heterocycles. The number of guanidine groups is 1. The Morgan fingerprint density at radius 2 is 2.06 bits per heavy atom. The summed E-state index contributed by atoms with van der Waals surface area (Å²) in [5.41, 5.74) is 3.76. The molecule has 0 amide bonds. The molecule has 0 radical (unpaired) electrons. The maximum Gasteiger partial charge on any atom is 0.191 e. The van der Waals surface area contributed by atoms with Crippen LogP contribution >= 0.6 is 0 Å². The van der Waals surface area contributed by atoms with E-state index < -0.39 is 0 Å². The summed E-state index contributed by atoms with van der Waals surface area (Å²) in [5.74, 6) is 0.793. The summed E-state index contributed by atoms with van der Waals surface area (Å²) in [7, 11) is 0. The molecule has 2 atom stereocenters. The molecule has 3 aromatic rings. The topological polar surface area (TPSA) is 63.5 Å². The van der Waals surface area contributed by atoms with Gasteiger partial charge in [-0.25, -0.2) is 14.4 Å². The summed E-state index contributed by atoms with van der Waals surface area (Å²) < 4.78 is 22.4. The lowest BCUT2D eigenvalue weighted by molar-refractivity contribution is -0.0265. The normalized spacial score (nSPS) is 18.8. The van der Waals surface area contributed by atoms with E-state index >= 15 is 0 Å². The van der Waals surface area contributed by atoms with Gasteiger partial charge in [0.2, 0.25) is 0 Å². The van der Waals surface area contributed by atoms with E-state index in [1.165, 1.54) is 17.2 Å². The maximum atomic E-state index is 14.6. The Labute approximate surface area is 194 Å². The summed E-state index contributed by atoms with van der Waals surface area (Å²) >= 11 is 0. The average molecular weight is 450 g/mol. The second kappa shape index (κ2) is 11.1. The molecular weight excluding hydrogens is 417 g/mol. The first-order valence-electron chi connectivity index (χ1n) is 11.6. The molecule has 1 fully saturated rings. The fraction of sp³-hybridized carbons (Fsp3) is 0.385. The molecule has 174 valence electrons. The number of hydrogen-bond acceptors (Lipinski definition) is 3. The van der Waals surface area contributed by atoms with Crippen LogP contribution in [-0.2, 0) is 11.3 Å². The first kappa shape index (κ1) is 23.0. The third-order valence-electron chi connectivity index (χ3n) is 5.94. The van der Waals surface area contributed by atoms with Crippen LogP contribution in [0.4, 0.5) is 4.39 Å². The molecule has 1 aromatic heterocycles. The van der Waals surface area contributed by atoms with E-state index in [9.17, 15) is 4.39 Å². The Balaban J connectivity index is 1.40. The smallest absolute Gasteiger partial charge is 0.191 e. The maximum absolute atomic E-state index is 14.6. The van der Waals surface area contributed by atoms with Gasteiger partial charge in [0, 0.05) is 38.0 Å². The van der Waals surface area contributed by atoms with Gasteiger partial charge in [0.15, 0.2) is 5.96 Å². The minimum Gasteiger partial charge on any atom is -0.373 e. The molecule has 1 saturated heterocycles. The van der Waals surface area contributed by atoms with Crippen LogP contribution in [0, 0.1) is 18.7 Å². The molecule has 1 aliphatic rings. The zero-order chi connectivity index (χ0) is 23.0. The van der Waals surface area contributed by atoms with Crippen molar-refractivity contribution in [3.8, 4) is 5.69 Å². The molecule has 0 aliphatic carbocycles. The van der Waals surface area contributed by atoms with Crippen molar-refractivity contribution < 1.29 is 9.13 Å². The molecule has 4 rings (SSSR count). The van der Waals surface area contributed by atoms with E-state index in [4.69, 9.17) is 4.74 Å². The molecule has 6 nitrogen and oxygen atoms in total. The quantitative estimate of drug-likeness (QED) is 0.411. The SMILES string of the molecule is CCNC(=NCc1ccc(-n2ccnc2)c(F)c1)NCC1CCCOC1c1ccc(C)cc1. The summed E-state index contributed by atoms with van der Waals surface area (Å²) in [5, 5.41) is 6.77. The first-order chi connectivity index (χ1) is 16.1. The zero-order valence-electron chi connectivity index (χ0n) is 19.3. The highest BCUT2D eigenvalue weighted by Gasteiger charge is 2.27. The summed E-state index contributed by atoms with van der Waals surface area (Å²) in [6, 6.07) is 13.8. The average Bonchev–Trinajstić information content (AvgIpc) is 3.36. The van der Waals surface area contributed by atoms with Crippen molar-refractivity contribution in [3.05, 3.63) is 83.7 Å². The molecule has 0 saturated carbocycles. The third kappa shape index (κ3) is 5.99. The fourth-order valence-corrected chi connectivity index (χ4v) is 4.18. The van der Waals surface area contributed by atoms with Gasteiger partial charge in [-0.15, -0.1) is 0 Å². The van der Waals surface area contributed by atoms with Crippen molar-refractivity contribution in [1.82, 2.24) is 20.2 Å². The molecule has 2 unspecified atom stereocenters. The number of aliphatic imine (C=N–C) groups is 1. The van der Waals surface area contributed by atoms with Gasteiger partial charge < -0.3 is 19.9 Å². The van der Waals surface area contributed by atoms with Crippen LogP contribution in [0.3, 0.4) is 0 Å². The summed E-state index contributed by atoms with van der Waals surface area (Å²) in [4.78, 5) is 8.66. The predicted molar refractivity (Wildman–Crippen MR) is 129 cm³/mol. The molecule has 7 heteroatoms. The Kier molecular flexibility index (Phi) is 7.73. The van der Waals surface area contributed by atoms with Crippen LogP contribution in [0.15, 0.2) is 66.2 Å². The second-order valence-electron chi connectivity index (χ2n) is 8.44. The number of aryl methyl sites for hydroxylation is 1. The zero-order valence-corrected chi connectivity index (χ0v) is 19.3. The van der Waals surface area contributed by atoms with Crippen molar-refractivity contribution in [1.29, 1.82) is 0 Å². The Hall–Kier alpha value is -3.19. The van der Waals surface area contributed by atoms with Crippen LogP contribution in [0.5, 0.6) is 0 Å². The number of ether oxygens (including phenoxy) is 1. The van der Waals surface area contributed by atoms with Gasteiger partial charge in [-0.3, -0.25) is 0 Å². The fourth-order valence-electron chi connectivity index (χ4n) is 4.18. The van der Waals surface area contributed by atoms with Crippen LogP contribution in [0.1, 0.15) is 42.6 Å². The number of aromatic nitrogens is 2. The van der Waals surface area contributed by atoms with E-state index in [0.29, 0.717) is 18.2 Å².